The Balaban J connectivity index is 2.36. The van der Waals surface area contributed by atoms with Crippen molar-refractivity contribution >= 4 is 28.3 Å². The van der Waals surface area contributed by atoms with Gasteiger partial charge in [0.05, 0.1) is 5.52 Å². The van der Waals surface area contributed by atoms with Crippen molar-refractivity contribution in [2.45, 2.75) is 0 Å². The molecule has 0 fully saturated rings. The largest absolute Gasteiger partial charge is 0.369 e. The first-order valence-corrected chi connectivity index (χ1v) is 5.17. The molecule has 0 radical (unpaired) electrons. The normalized spacial score (nSPS) is 10.5. The van der Waals surface area contributed by atoms with Crippen molar-refractivity contribution in [3.63, 3.8) is 0 Å². The lowest BCUT2D eigenvalue weighted by atomic mass is 10.2. The molecule has 78 valence electrons. The molecule has 3 nitrogen and oxygen atoms in total. The minimum absolute atomic E-state index is 0.593. The molecule has 1 heterocycles. The molecule has 0 aliphatic rings. The molecule has 15 heavy (non-hydrogen) atoms. The Labute approximate surface area is 93.3 Å². The van der Waals surface area contributed by atoms with Crippen LogP contribution >= 0.6 is 11.6 Å². The molecule has 0 bridgehead atoms. The fourth-order valence-electron chi connectivity index (χ4n) is 1.39. The lowest BCUT2D eigenvalue weighted by Gasteiger charge is -2.05. The van der Waals surface area contributed by atoms with E-state index < -0.39 is 0 Å². The number of hydrogen-bond acceptors (Lipinski definition) is 3. The van der Waals surface area contributed by atoms with E-state index in [2.05, 4.69) is 10.3 Å². The van der Waals surface area contributed by atoms with Gasteiger partial charge >= 0.3 is 0 Å². The van der Waals surface area contributed by atoms with Crippen LogP contribution in [0.15, 0.2) is 30.3 Å². The maximum absolute atomic E-state index is 5.89. The highest BCUT2D eigenvalue weighted by Crippen LogP contribution is 2.19. The molecule has 1 aromatic carbocycles. The average molecular weight is 222 g/mol. The first kappa shape index (κ1) is 10.2. The van der Waals surface area contributed by atoms with Crippen molar-refractivity contribution < 1.29 is 0 Å². The van der Waals surface area contributed by atoms with Gasteiger partial charge in [0, 0.05) is 23.5 Å². The van der Waals surface area contributed by atoms with Crippen LogP contribution in [0, 0.1) is 0 Å². The van der Waals surface area contributed by atoms with Crippen molar-refractivity contribution in [3.8, 4) is 0 Å². The highest BCUT2D eigenvalue weighted by Gasteiger charge is 1.98. The molecule has 0 amide bonds. The molecule has 0 saturated carbocycles. The van der Waals surface area contributed by atoms with E-state index >= 15 is 0 Å². The van der Waals surface area contributed by atoms with Crippen molar-refractivity contribution in [1.82, 2.24) is 4.98 Å². The summed E-state index contributed by atoms with van der Waals surface area (Å²) in [5.74, 6) is 0.829. The third-order valence-electron chi connectivity index (χ3n) is 2.10. The minimum Gasteiger partial charge on any atom is -0.369 e. The summed E-state index contributed by atoms with van der Waals surface area (Å²) in [4.78, 5) is 4.42. The van der Waals surface area contributed by atoms with Crippen LogP contribution in [0.2, 0.25) is 5.02 Å². The van der Waals surface area contributed by atoms with Crippen LogP contribution in [0.25, 0.3) is 10.9 Å². The summed E-state index contributed by atoms with van der Waals surface area (Å²) in [6.07, 6.45) is 0. The Morgan fingerprint density at radius 2 is 2.07 bits per heavy atom. The first-order valence-electron chi connectivity index (χ1n) is 4.80. The summed E-state index contributed by atoms with van der Waals surface area (Å²) in [7, 11) is 0. The van der Waals surface area contributed by atoms with E-state index in [0.29, 0.717) is 11.6 Å². The molecular formula is C11H12ClN3. The van der Waals surface area contributed by atoms with Crippen LogP contribution in [0.3, 0.4) is 0 Å². The summed E-state index contributed by atoms with van der Waals surface area (Å²) in [6, 6.07) is 9.61. The molecule has 1 aromatic heterocycles. The standard InChI is InChI=1S/C11H12ClN3/c12-9-3-1-8-2-4-11(14-6-5-13)15-10(8)7-9/h1-4,7H,5-6,13H2,(H,14,15). The maximum atomic E-state index is 5.89. The monoisotopic (exact) mass is 221 g/mol. The molecule has 0 aliphatic heterocycles. The van der Waals surface area contributed by atoms with E-state index in [0.717, 1.165) is 23.3 Å². The van der Waals surface area contributed by atoms with Gasteiger partial charge in [-0.1, -0.05) is 17.7 Å². The molecule has 0 spiro atoms. The third kappa shape index (κ3) is 2.37. The zero-order valence-electron chi connectivity index (χ0n) is 8.20. The van der Waals surface area contributed by atoms with Crippen LogP contribution in [0.4, 0.5) is 5.82 Å². The fourth-order valence-corrected chi connectivity index (χ4v) is 1.56. The van der Waals surface area contributed by atoms with Crippen LogP contribution in [-0.2, 0) is 0 Å². The number of nitrogens with one attached hydrogen (secondary N) is 1. The average Bonchev–Trinajstić information content (AvgIpc) is 2.25. The molecule has 0 saturated heterocycles. The molecule has 4 heteroatoms. The van der Waals surface area contributed by atoms with Crippen LogP contribution in [0.5, 0.6) is 0 Å². The summed E-state index contributed by atoms with van der Waals surface area (Å²) < 4.78 is 0. The number of benzene rings is 1. The van der Waals surface area contributed by atoms with Gasteiger partial charge in [0.15, 0.2) is 0 Å². The quantitative estimate of drug-likeness (QED) is 0.836. The Morgan fingerprint density at radius 3 is 2.87 bits per heavy atom. The van der Waals surface area contributed by atoms with Gasteiger partial charge in [-0.15, -0.1) is 0 Å². The molecule has 0 aliphatic carbocycles. The van der Waals surface area contributed by atoms with Crippen molar-refractivity contribution in [1.29, 1.82) is 0 Å². The van der Waals surface area contributed by atoms with Crippen molar-refractivity contribution in [2.75, 3.05) is 18.4 Å². The van der Waals surface area contributed by atoms with Gasteiger partial charge in [0.1, 0.15) is 5.82 Å². The Bertz CT molecular complexity index is 470. The number of halogens is 1. The lowest BCUT2D eigenvalue weighted by molar-refractivity contribution is 1.01. The maximum Gasteiger partial charge on any atom is 0.126 e. The topological polar surface area (TPSA) is 50.9 Å². The smallest absolute Gasteiger partial charge is 0.126 e. The number of hydrogen-bond donors (Lipinski definition) is 2. The number of pyridine rings is 1. The van der Waals surface area contributed by atoms with E-state index in [9.17, 15) is 0 Å². The van der Waals surface area contributed by atoms with Crippen LogP contribution in [-0.4, -0.2) is 18.1 Å². The van der Waals surface area contributed by atoms with Gasteiger partial charge in [-0.3, -0.25) is 0 Å². The summed E-state index contributed by atoms with van der Waals surface area (Å²) in [5.41, 5.74) is 6.29. The number of anilines is 1. The third-order valence-corrected chi connectivity index (χ3v) is 2.34. The molecule has 2 aromatic rings. The minimum atomic E-state index is 0.593. The summed E-state index contributed by atoms with van der Waals surface area (Å²) in [5, 5.41) is 4.91. The number of rotatable bonds is 3. The predicted octanol–water partition coefficient (Wildman–Crippen LogP) is 2.26. The van der Waals surface area contributed by atoms with Crippen molar-refractivity contribution in [3.05, 3.63) is 35.4 Å². The molecule has 0 unspecified atom stereocenters. The number of nitrogens with zero attached hydrogens (tertiary/aromatic N) is 1. The first-order chi connectivity index (χ1) is 7.29. The number of nitrogens with two attached hydrogens (primary N) is 1. The molecular weight excluding hydrogens is 210 g/mol. The van der Waals surface area contributed by atoms with Crippen LogP contribution < -0.4 is 11.1 Å². The van der Waals surface area contributed by atoms with Gasteiger partial charge in [-0.25, -0.2) is 4.98 Å². The van der Waals surface area contributed by atoms with Gasteiger partial charge in [0.2, 0.25) is 0 Å². The highest BCUT2D eigenvalue weighted by atomic mass is 35.5. The summed E-state index contributed by atoms with van der Waals surface area (Å²) in [6.45, 7) is 1.31. The Kier molecular flexibility index (Phi) is 3.04. The Morgan fingerprint density at radius 1 is 1.27 bits per heavy atom. The van der Waals surface area contributed by atoms with Gasteiger partial charge in [-0.2, -0.15) is 0 Å². The van der Waals surface area contributed by atoms with E-state index in [1.165, 1.54) is 0 Å². The molecule has 3 N–H and O–H groups in total. The van der Waals surface area contributed by atoms with Crippen molar-refractivity contribution in [2.24, 2.45) is 5.73 Å². The van der Waals surface area contributed by atoms with E-state index in [4.69, 9.17) is 17.3 Å². The second-order valence-corrected chi connectivity index (χ2v) is 3.69. The van der Waals surface area contributed by atoms with E-state index in [1.54, 1.807) is 0 Å². The van der Waals surface area contributed by atoms with E-state index in [-0.39, 0.29) is 0 Å². The highest BCUT2D eigenvalue weighted by molar-refractivity contribution is 6.31. The predicted molar refractivity (Wildman–Crippen MR) is 64.3 cm³/mol. The second kappa shape index (κ2) is 4.47. The van der Waals surface area contributed by atoms with Gasteiger partial charge < -0.3 is 11.1 Å². The van der Waals surface area contributed by atoms with Crippen LogP contribution in [0.1, 0.15) is 0 Å². The zero-order chi connectivity index (χ0) is 10.7. The SMILES string of the molecule is NCCNc1ccc2ccc(Cl)cc2n1. The zero-order valence-corrected chi connectivity index (χ0v) is 8.96. The molecule has 2 rings (SSSR count). The number of fused-ring (bicyclic) bond motifs is 1. The molecule has 0 atom stereocenters. The lowest BCUT2D eigenvalue weighted by Crippen LogP contribution is -2.13. The second-order valence-electron chi connectivity index (χ2n) is 3.25. The van der Waals surface area contributed by atoms with Gasteiger partial charge in [-0.05, 0) is 24.3 Å². The Hall–Kier alpha value is -1.32. The van der Waals surface area contributed by atoms with E-state index in [1.807, 2.05) is 30.3 Å². The fraction of sp³-hybridized carbons (Fsp3) is 0.182. The number of aromatic nitrogens is 1. The van der Waals surface area contributed by atoms with Gasteiger partial charge in [0.25, 0.3) is 0 Å². The summed E-state index contributed by atoms with van der Waals surface area (Å²) >= 11 is 5.89.